The maximum atomic E-state index is 12.6. The number of phosphoric ester groups is 1. The fourth-order valence-electron chi connectivity index (χ4n) is 5.15. The van der Waals surface area contributed by atoms with E-state index in [1.54, 1.807) is 41.5 Å². The van der Waals surface area contributed by atoms with Crippen molar-refractivity contribution in [1.29, 1.82) is 0 Å². The van der Waals surface area contributed by atoms with Gasteiger partial charge in [0.05, 0.1) is 19.8 Å². The molecule has 0 heterocycles. The van der Waals surface area contributed by atoms with Gasteiger partial charge in [0.1, 0.15) is 23.9 Å². The maximum Gasteiger partial charge on any atom is 0.472 e. The number of hydrogen-bond acceptors (Lipinski definition) is 11. The van der Waals surface area contributed by atoms with Crippen LogP contribution in [0.2, 0.25) is 0 Å². The Hall–Kier alpha value is -2.54. The van der Waals surface area contributed by atoms with Crippen LogP contribution in [0, 0.1) is 20.8 Å². The molecule has 52 heavy (non-hydrogen) atoms. The van der Waals surface area contributed by atoms with Gasteiger partial charge in [-0.05, 0) is 91.8 Å². The molecule has 1 aromatic carbocycles. The molecule has 3 atom stereocenters. The molecule has 1 aromatic rings. The van der Waals surface area contributed by atoms with E-state index in [1.807, 2.05) is 0 Å². The number of nitrogens with one attached hydrogen (secondary N) is 1. The van der Waals surface area contributed by atoms with E-state index >= 15 is 0 Å². The van der Waals surface area contributed by atoms with Crippen LogP contribution >= 0.6 is 7.82 Å². The van der Waals surface area contributed by atoms with Crippen molar-refractivity contribution in [1.82, 2.24) is 5.32 Å². The van der Waals surface area contributed by atoms with Gasteiger partial charge < -0.3 is 33.9 Å². The Morgan fingerprint density at radius 2 is 1.29 bits per heavy atom. The lowest BCUT2D eigenvalue weighted by Crippen LogP contribution is -2.48. The van der Waals surface area contributed by atoms with Crippen molar-refractivity contribution in [2.24, 2.45) is 0 Å². The second-order valence-electron chi connectivity index (χ2n) is 15.2. The second-order valence-corrected chi connectivity index (χ2v) is 16.6. The Labute approximate surface area is 311 Å². The van der Waals surface area contributed by atoms with Crippen LogP contribution in [-0.4, -0.2) is 79.8 Å². The Morgan fingerprint density at radius 1 is 0.769 bits per heavy atom. The average Bonchev–Trinajstić information content (AvgIpc) is 3.00. The van der Waals surface area contributed by atoms with Crippen LogP contribution in [0.4, 0.5) is 4.79 Å². The van der Waals surface area contributed by atoms with Crippen molar-refractivity contribution in [3.63, 3.8) is 0 Å². The quantitative estimate of drug-likeness (QED) is 0.0428. The predicted molar refractivity (Wildman–Crippen MR) is 199 cm³/mol. The summed E-state index contributed by atoms with van der Waals surface area (Å²) in [6.07, 6.45) is 8.31. The second kappa shape index (κ2) is 24.0. The minimum atomic E-state index is -4.64. The molecular weight excluding hydrogens is 693 g/mol. The predicted octanol–water partition coefficient (Wildman–Crippen LogP) is 7.96. The van der Waals surface area contributed by atoms with Crippen LogP contribution in [0.25, 0.3) is 0 Å². The SMILES string of the molecule is CO[C@H](COCCCCCCCCCCCC(=O)OCc1c(C)cc(C)cc1C)COP(=O)(O)OC[C@H](NC(=O)OC(C)(C)C)C(=O)OC(C)(C)C. The van der Waals surface area contributed by atoms with Gasteiger partial charge in [-0.2, -0.15) is 0 Å². The van der Waals surface area contributed by atoms with Crippen molar-refractivity contribution in [2.75, 3.05) is 33.5 Å². The van der Waals surface area contributed by atoms with E-state index in [0.717, 1.165) is 74.5 Å². The molecule has 2 N–H and O–H groups in total. The highest BCUT2D eigenvalue weighted by Gasteiger charge is 2.33. The lowest BCUT2D eigenvalue weighted by atomic mass is 10.0. The summed E-state index contributed by atoms with van der Waals surface area (Å²) in [4.78, 5) is 47.3. The summed E-state index contributed by atoms with van der Waals surface area (Å²) < 4.78 is 49.6. The minimum Gasteiger partial charge on any atom is -0.461 e. The zero-order valence-corrected chi connectivity index (χ0v) is 34.2. The molecule has 300 valence electrons. The molecule has 14 heteroatoms. The minimum absolute atomic E-state index is 0.135. The molecule has 0 bridgehead atoms. The van der Waals surface area contributed by atoms with Crippen LogP contribution < -0.4 is 5.32 Å². The van der Waals surface area contributed by atoms with Gasteiger partial charge in [0.25, 0.3) is 0 Å². The third-order valence-electron chi connectivity index (χ3n) is 7.73. The Kier molecular flexibility index (Phi) is 21.9. The number of phosphoric acid groups is 1. The van der Waals surface area contributed by atoms with E-state index in [2.05, 4.69) is 38.2 Å². The number of esters is 2. The third kappa shape index (κ3) is 23.2. The number of methoxy groups -OCH3 is 1. The lowest BCUT2D eigenvalue weighted by molar-refractivity contribution is -0.158. The maximum absolute atomic E-state index is 12.6. The number of amides is 1. The first-order valence-corrected chi connectivity index (χ1v) is 19.9. The highest BCUT2D eigenvalue weighted by atomic mass is 31.2. The van der Waals surface area contributed by atoms with Crippen molar-refractivity contribution in [2.45, 2.75) is 156 Å². The zero-order chi connectivity index (χ0) is 39.4. The normalized spacial score (nSPS) is 14.3. The third-order valence-corrected chi connectivity index (χ3v) is 8.69. The average molecular weight is 760 g/mol. The van der Waals surface area contributed by atoms with E-state index in [1.165, 1.54) is 12.7 Å². The number of hydrogen-bond donors (Lipinski definition) is 2. The van der Waals surface area contributed by atoms with E-state index in [9.17, 15) is 23.8 Å². The van der Waals surface area contributed by atoms with Crippen molar-refractivity contribution in [3.8, 4) is 0 Å². The summed E-state index contributed by atoms with van der Waals surface area (Å²) in [6, 6.07) is 2.81. The van der Waals surface area contributed by atoms with Crippen molar-refractivity contribution in [3.05, 3.63) is 34.4 Å². The van der Waals surface area contributed by atoms with Crippen molar-refractivity contribution < 1.29 is 56.6 Å². The first-order valence-electron chi connectivity index (χ1n) is 18.4. The molecule has 1 amide bonds. The Balaban J connectivity index is 2.20. The number of benzene rings is 1. The summed E-state index contributed by atoms with van der Waals surface area (Å²) in [5.41, 5.74) is 2.92. The number of alkyl carbamates (subject to hydrolysis) is 1. The summed E-state index contributed by atoms with van der Waals surface area (Å²) in [5.74, 6) is -1.00. The highest BCUT2D eigenvalue weighted by Crippen LogP contribution is 2.43. The van der Waals surface area contributed by atoms with Crippen LogP contribution in [0.5, 0.6) is 0 Å². The lowest BCUT2D eigenvalue weighted by Gasteiger charge is -2.26. The topological polar surface area (TPSA) is 165 Å². The largest absolute Gasteiger partial charge is 0.472 e. The first kappa shape index (κ1) is 47.5. The highest BCUT2D eigenvalue weighted by molar-refractivity contribution is 7.47. The smallest absolute Gasteiger partial charge is 0.461 e. The van der Waals surface area contributed by atoms with E-state index in [4.69, 9.17) is 32.7 Å². The summed E-state index contributed by atoms with van der Waals surface area (Å²) in [6.45, 7) is 16.1. The first-order chi connectivity index (χ1) is 24.2. The number of carbonyl (C=O) groups excluding carboxylic acids is 3. The zero-order valence-electron chi connectivity index (χ0n) is 33.3. The Morgan fingerprint density at radius 3 is 1.83 bits per heavy atom. The fourth-order valence-corrected chi connectivity index (χ4v) is 5.91. The van der Waals surface area contributed by atoms with Gasteiger partial charge in [-0.3, -0.25) is 13.8 Å². The Bertz CT molecular complexity index is 1250. The van der Waals surface area contributed by atoms with Gasteiger partial charge in [-0.1, -0.05) is 62.6 Å². The van der Waals surface area contributed by atoms with Crippen LogP contribution in [0.1, 0.15) is 128 Å². The van der Waals surface area contributed by atoms with Crippen LogP contribution in [0.3, 0.4) is 0 Å². The standard InChI is InChI=1S/C38H66NO12P/c1-28-22-29(2)32(30(3)23-28)26-47-34(40)20-18-16-14-12-11-13-15-17-19-21-46-24-31(45-10)25-48-52(43,44)49-27-33(35(41)50-37(4,5)6)39-36(42)51-38(7,8)9/h22-23,31,33H,11-21,24-27H2,1-10H3,(H,39,42)(H,43,44)/t31-,33+/m1/s1. The molecule has 0 fully saturated rings. The number of aryl methyl sites for hydroxylation is 3. The molecule has 0 aliphatic heterocycles. The van der Waals surface area contributed by atoms with Crippen LogP contribution in [0.15, 0.2) is 12.1 Å². The van der Waals surface area contributed by atoms with E-state index in [0.29, 0.717) is 19.6 Å². The van der Waals surface area contributed by atoms with Crippen LogP contribution in [-0.2, 0) is 53.5 Å². The number of carbonyl (C=O) groups is 3. The number of unbranched alkanes of at least 4 members (excludes halogenated alkanes) is 8. The van der Waals surface area contributed by atoms with Gasteiger partial charge in [0, 0.05) is 20.1 Å². The van der Waals surface area contributed by atoms with E-state index in [-0.39, 0.29) is 19.2 Å². The monoisotopic (exact) mass is 759 g/mol. The summed E-state index contributed by atoms with van der Waals surface area (Å²) in [7, 11) is -3.20. The van der Waals surface area contributed by atoms with E-state index < -0.39 is 49.8 Å². The molecule has 1 unspecified atom stereocenters. The molecular formula is C38H66NO12P. The summed E-state index contributed by atoms with van der Waals surface area (Å²) in [5, 5.41) is 2.32. The van der Waals surface area contributed by atoms with Gasteiger partial charge in [0.2, 0.25) is 0 Å². The molecule has 0 aromatic heterocycles. The van der Waals surface area contributed by atoms with Gasteiger partial charge in [0.15, 0.2) is 6.04 Å². The van der Waals surface area contributed by atoms with Gasteiger partial charge in [-0.25, -0.2) is 14.2 Å². The molecule has 0 aliphatic carbocycles. The molecule has 1 rings (SSSR count). The number of rotatable bonds is 25. The molecule has 0 spiro atoms. The molecule has 13 nitrogen and oxygen atoms in total. The molecule has 0 saturated heterocycles. The van der Waals surface area contributed by atoms with Gasteiger partial charge in [-0.15, -0.1) is 0 Å². The fraction of sp³-hybridized carbons (Fsp3) is 0.763. The summed E-state index contributed by atoms with van der Waals surface area (Å²) >= 11 is 0. The van der Waals surface area contributed by atoms with Gasteiger partial charge >= 0.3 is 25.9 Å². The molecule has 0 radical (unpaired) electrons. The van der Waals surface area contributed by atoms with Crippen molar-refractivity contribution >= 4 is 25.9 Å². The molecule has 0 saturated carbocycles. The number of ether oxygens (including phenoxy) is 5. The molecule has 0 aliphatic rings.